The van der Waals surface area contributed by atoms with Crippen LogP contribution in [0.4, 0.5) is 0 Å². The van der Waals surface area contributed by atoms with Crippen LogP contribution in [0.1, 0.15) is 60.3 Å². The Balaban J connectivity index is -0.0000000789. The van der Waals surface area contributed by atoms with Crippen molar-refractivity contribution < 1.29 is 58.2 Å². The lowest BCUT2D eigenvalue weighted by atomic mass is 10.3. The van der Waals surface area contributed by atoms with E-state index >= 15 is 0 Å². The van der Waals surface area contributed by atoms with Crippen molar-refractivity contribution in [2.24, 2.45) is 0 Å². The van der Waals surface area contributed by atoms with Gasteiger partial charge in [-0.3, -0.25) is 0 Å². The third-order valence-electron chi connectivity index (χ3n) is 3.42. The van der Waals surface area contributed by atoms with E-state index in [1.807, 2.05) is 6.92 Å². The number of ether oxygens (including phenoxy) is 4. The van der Waals surface area contributed by atoms with E-state index in [1.54, 1.807) is 19.9 Å². The number of allylic oxidation sites excluding steroid dienone is 1. The summed E-state index contributed by atoms with van der Waals surface area (Å²) < 4.78 is 17.9. The highest BCUT2D eigenvalue weighted by molar-refractivity contribution is 5.87. The van der Waals surface area contributed by atoms with Gasteiger partial charge >= 0.3 is 29.8 Å². The molecule has 1 atom stereocenters. The van der Waals surface area contributed by atoms with Gasteiger partial charge < -0.3 is 34.3 Å². The molecule has 0 aromatic rings. The molecule has 0 saturated carbocycles. The standard InChI is InChI=1S/C8H14O2.C7H12O2.C5H8O2.C4H6O2.C3H3N.C3H8O2.C3H4O2/c1-4-5-6-10-8(9)7(2)3;1-3-5-6-9-7(8)4-2;1-4(2)5(6)7-3;1-3-4(5)6-2;1-2-3-4;1-3(5)2-4;1-2-3(4)5/h2,4-6H2,1,3H3;4H,2-3,5-6H2,1H3;1H2,2-3H3;3H,1H2,2H3;2H,1H2;3-5H,2H2,1H3;2H,1H2,(H,4,5). The fraction of sp³-hybridized carbons (Fsp3) is 0.455. The zero-order valence-corrected chi connectivity index (χ0v) is 28.5. The number of aliphatic carboxylic acids is 1. The Bertz CT molecular complexity index is 916. The summed E-state index contributed by atoms with van der Waals surface area (Å²) in [5.74, 6) is -2.34. The molecule has 0 radical (unpaired) electrons. The van der Waals surface area contributed by atoms with E-state index in [-0.39, 0.29) is 24.5 Å². The van der Waals surface area contributed by atoms with Crippen molar-refractivity contribution in [3.8, 4) is 6.07 Å². The maximum Gasteiger partial charge on any atom is 0.333 e. The molecule has 0 aliphatic carbocycles. The van der Waals surface area contributed by atoms with Crippen LogP contribution in [0.2, 0.25) is 0 Å². The molecule has 0 fully saturated rings. The average molecular weight is 658 g/mol. The summed E-state index contributed by atoms with van der Waals surface area (Å²) in [6.07, 6.45) is 7.69. The monoisotopic (exact) mass is 657 g/mol. The number of hydrogen-bond acceptors (Lipinski definition) is 12. The number of hydrogen-bond donors (Lipinski definition) is 3. The van der Waals surface area contributed by atoms with Gasteiger partial charge in [-0.1, -0.05) is 66.2 Å². The number of rotatable bonds is 12. The first-order valence-electron chi connectivity index (χ1n) is 13.6. The molecule has 13 heteroatoms. The molecule has 0 aliphatic rings. The van der Waals surface area contributed by atoms with Gasteiger partial charge in [-0.05, 0) is 33.6 Å². The van der Waals surface area contributed by atoms with Crippen molar-refractivity contribution in [1.29, 1.82) is 5.26 Å². The number of nitriles is 1. The molecule has 13 nitrogen and oxygen atoms in total. The topological polar surface area (TPSA) is 207 Å². The predicted molar refractivity (Wildman–Crippen MR) is 178 cm³/mol. The Morgan fingerprint density at radius 2 is 1.13 bits per heavy atom. The second kappa shape index (κ2) is 49.9. The number of aliphatic hydroxyl groups excluding tert-OH is 2. The molecule has 3 N–H and O–H groups in total. The van der Waals surface area contributed by atoms with Crippen LogP contribution in [-0.2, 0) is 42.9 Å². The largest absolute Gasteiger partial charge is 0.478 e. The molecule has 0 aliphatic heterocycles. The number of carboxylic acids is 1. The van der Waals surface area contributed by atoms with Crippen molar-refractivity contribution in [2.75, 3.05) is 34.0 Å². The molecular weight excluding hydrogens is 602 g/mol. The summed E-state index contributed by atoms with van der Waals surface area (Å²) in [6.45, 7) is 29.1. The Kier molecular flexibility index (Phi) is 61.7. The molecule has 0 aromatic heterocycles. The third kappa shape index (κ3) is 83.3. The summed E-state index contributed by atoms with van der Waals surface area (Å²) in [5, 5.41) is 31.1. The van der Waals surface area contributed by atoms with Crippen molar-refractivity contribution in [3.63, 3.8) is 0 Å². The smallest absolute Gasteiger partial charge is 0.333 e. The minimum Gasteiger partial charge on any atom is -0.478 e. The van der Waals surface area contributed by atoms with Crippen LogP contribution in [0.3, 0.4) is 0 Å². The van der Waals surface area contributed by atoms with Gasteiger partial charge in [0.05, 0.1) is 46.2 Å². The van der Waals surface area contributed by atoms with Gasteiger partial charge in [0, 0.05) is 35.5 Å². The average Bonchev–Trinajstić information content (AvgIpc) is 3.05. The van der Waals surface area contributed by atoms with Crippen LogP contribution in [0.15, 0.2) is 74.9 Å². The number of carboxylic acid groups (broad SMARTS) is 1. The molecule has 0 saturated heterocycles. The molecule has 46 heavy (non-hydrogen) atoms. The number of methoxy groups -OCH3 is 2. The number of esters is 4. The molecule has 0 spiro atoms. The minimum atomic E-state index is -0.981. The SMILES string of the molecule is C=C(C)C(=O)OC.C=C(C)C(=O)OCCCC.C=CC#N.C=CC(=O)O.C=CC(=O)OC.C=CC(=O)OCCCC.CC(O)CO. The Morgan fingerprint density at radius 1 is 0.783 bits per heavy atom. The summed E-state index contributed by atoms with van der Waals surface area (Å²) in [7, 11) is 2.64. The predicted octanol–water partition coefficient (Wildman–Crippen LogP) is 4.81. The molecular formula is C33H55NO12. The molecule has 0 bridgehead atoms. The second-order valence-corrected chi connectivity index (χ2v) is 7.90. The highest BCUT2D eigenvalue weighted by Gasteiger charge is 2.00. The van der Waals surface area contributed by atoms with E-state index < -0.39 is 18.0 Å². The molecule has 0 aromatic carbocycles. The summed E-state index contributed by atoms with van der Waals surface area (Å²) in [4.78, 5) is 50.3. The zero-order chi connectivity index (χ0) is 37.9. The van der Waals surface area contributed by atoms with E-state index in [2.05, 4.69) is 60.6 Å². The van der Waals surface area contributed by atoms with E-state index in [0.717, 1.165) is 37.8 Å². The van der Waals surface area contributed by atoms with Crippen molar-refractivity contribution in [1.82, 2.24) is 0 Å². The van der Waals surface area contributed by atoms with Crippen molar-refractivity contribution >= 4 is 29.8 Å². The number of unbranched alkanes of at least 4 members (excludes halogenated alkanes) is 2. The fourth-order valence-corrected chi connectivity index (χ4v) is 1.07. The highest BCUT2D eigenvalue weighted by Crippen LogP contribution is 1.94. The number of carbonyl (C=O) groups excluding carboxylic acids is 4. The first-order chi connectivity index (χ1) is 21.4. The summed E-state index contributed by atoms with van der Waals surface area (Å²) >= 11 is 0. The number of nitrogens with zero attached hydrogens (tertiary/aromatic N) is 1. The van der Waals surface area contributed by atoms with E-state index in [1.165, 1.54) is 33.3 Å². The minimum absolute atomic E-state index is 0.139. The Labute approximate surface area is 274 Å². The molecule has 0 heterocycles. The van der Waals surface area contributed by atoms with Gasteiger partial charge in [0.15, 0.2) is 0 Å². The summed E-state index contributed by atoms with van der Waals surface area (Å²) in [6, 6.07) is 1.69. The fourth-order valence-electron chi connectivity index (χ4n) is 1.07. The first kappa shape index (κ1) is 56.9. The lowest BCUT2D eigenvalue weighted by Gasteiger charge is -2.01. The molecule has 1 unspecified atom stereocenters. The first-order valence-corrected chi connectivity index (χ1v) is 13.6. The van der Waals surface area contributed by atoms with Crippen LogP contribution >= 0.6 is 0 Å². The molecule has 0 amide bonds. The van der Waals surface area contributed by atoms with Crippen molar-refractivity contribution in [3.05, 3.63) is 74.9 Å². The van der Waals surface area contributed by atoms with E-state index in [4.69, 9.17) is 25.3 Å². The highest BCUT2D eigenvalue weighted by atomic mass is 16.5. The zero-order valence-electron chi connectivity index (χ0n) is 28.5. The van der Waals surface area contributed by atoms with Crippen LogP contribution < -0.4 is 0 Å². The maximum absolute atomic E-state index is 10.7. The van der Waals surface area contributed by atoms with Gasteiger partial charge in [0.2, 0.25) is 0 Å². The lowest BCUT2D eigenvalue weighted by Crippen LogP contribution is -2.05. The van der Waals surface area contributed by atoms with E-state index in [9.17, 15) is 24.0 Å². The van der Waals surface area contributed by atoms with E-state index in [0.29, 0.717) is 24.4 Å². The summed E-state index contributed by atoms with van der Waals surface area (Å²) in [5.41, 5.74) is 0.901. The van der Waals surface area contributed by atoms with Gasteiger partial charge in [0.25, 0.3) is 0 Å². The van der Waals surface area contributed by atoms with Crippen LogP contribution in [0.5, 0.6) is 0 Å². The van der Waals surface area contributed by atoms with Gasteiger partial charge in [-0.2, -0.15) is 5.26 Å². The van der Waals surface area contributed by atoms with Crippen LogP contribution in [0.25, 0.3) is 0 Å². The van der Waals surface area contributed by atoms with Crippen LogP contribution in [0, 0.1) is 11.3 Å². The quantitative estimate of drug-likeness (QED) is 0.0847. The molecule has 0 rings (SSSR count). The Morgan fingerprint density at radius 3 is 1.28 bits per heavy atom. The van der Waals surface area contributed by atoms with Crippen molar-refractivity contribution in [2.45, 2.75) is 66.4 Å². The second-order valence-electron chi connectivity index (χ2n) is 7.90. The maximum atomic E-state index is 10.7. The Hall–Kier alpha value is -4.80. The van der Waals surface area contributed by atoms with Crippen LogP contribution in [-0.4, -0.2) is 85.3 Å². The number of carbonyl (C=O) groups is 5. The molecule has 264 valence electrons. The van der Waals surface area contributed by atoms with Gasteiger partial charge in [-0.15, -0.1) is 0 Å². The normalized spacial score (nSPS) is 8.35. The number of aliphatic hydroxyl groups is 2. The lowest BCUT2D eigenvalue weighted by molar-refractivity contribution is -0.139. The van der Waals surface area contributed by atoms with Gasteiger partial charge in [-0.25, -0.2) is 24.0 Å². The third-order valence-corrected chi connectivity index (χ3v) is 3.42. The van der Waals surface area contributed by atoms with Gasteiger partial charge in [0.1, 0.15) is 0 Å².